The van der Waals surface area contributed by atoms with Gasteiger partial charge < -0.3 is 4.74 Å². The quantitative estimate of drug-likeness (QED) is 0.718. The summed E-state index contributed by atoms with van der Waals surface area (Å²) in [6.45, 7) is 0.193. The maximum Gasteiger partial charge on any atom is 0.341 e. The van der Waals surface area contributed by atoms with Crippen molar-refractivity contribution in [2.24, 2.45) is 0 Å². The van der Waals surface area contributed by atoms with Crippen LogP contribution < -0.4 is 0 Å². The summed E-state index contributed by atoms with van der Waals surface area (Å²) in [6.07, 6.45) is 10.3. The number of carbonyl (C=O) groups excluding carboxylic acids is 1. The zero-order valence-corrected chi connectivity index (χ0v) is 15.0. The molecule has 1 heterocycles. The van der Waals surface area contributed by atoms with Crippen LogP contribution in [0.4, 0.5) is 0 Å². The van der Waals surface area contributed by atoms with Crippen LogP contribution in [0.15, 0.2) is 42.6 Å². The fraction of sp³-hybridized carbons (Fsp3) is 0.409. The lowest BCUT2D eigenvalue weighted by molar-refractivity contribution is 0.0471. The number of pyridine rings is 1. The average Bonchev–Trinajstić information content (AvgIpc) is 2.66. The Labute approximate surface area is 154 Å². The van der Waals surface area contributed by atoms with Crippen LogP contribution in [0.3, 0.4) is 0 Å². The number of ether oxygens (including phenoxy) is 1. The number of rotatable bonds is 4. The van der Waals surface area contributed by atoms with Gasteiger partial charge in [-0.2, -0.15) is 5.26 Å². The Balaban J connectivity index is 1.76. The van der Waals surface area contributed by atoms with E-state index in [1.54, 1.807) is 6.20 Å². The second-order valence-electron chi connectivity index (χ2n) is 6.88. The molecule has 1 aromatic carbocycles. The van der Waals surface area contributed by atoms with Gasteiger partial charge in [-0.15, -0.1) is 0 Å². The van der Waals surface area contributed by atoms with Crippen molar-refractivity contribution in [1.82, 2.24) is 4.98 Å². The normalized spacial score (nSPS) is 15.5. The van der Waals surface area contributed by atoms with Gasteiger partial charge in [-0.3, -0.25) is 0 Å². The monoisotopic (exact) mass is 348 g/mol. The number of benzene rings is 1. The molecule has 0 aliphatic heterocycles. The predicted molar refractivity (Wildman–Crippen MR) is 99.6 cm³/mol. The van der Waals surface area contributed by atoms with E-state index in [9.17, 15) is 10.1 Å². The van der Waals surface area contributed by atoms with Crippen LogP contribution in [0.2, 0.25) is 0 Å². The van der Waals surface area contributed by atoms with E-state index in [1.807, 2.05) is 42.5 Å². The summed E-state index contributed by atoms with van der Waals surface area (Å²) >= 11 is 0. The molecule has 0 amide bonds. The summed E-state index contributed by atoms with van der Waals surface area (Å²) < 4.78 is 5.41. The third-order valence-corrected chi connectivity index (χ3v) is 5.02. The molecular formula is C22H24N2O2. The summed E-state index contributed by atoms with van der Waals surface area (Å²) in [5, 5.41) is 9.32. The maximum absolute atomic E-state index is 12.5. The minimum absolute atomic E-state index is 0.137. The fourth-order valence-corrected chi connectivity index (χ4v) is 3.54. The molecule has 0 atom stereocenters. The Morgan fingerprint density at radius 3 is 2.50 bits per heavy atom. The zero-order valence-electron chi connectivity index (χ0n) is 15.0. The van der Waals surface area contributed by atoms with Gasteiger partial charge in [0.15, 0.2) is 5.69 Å². The van der Waals surface area contributed by atoms with Crippen LogP contribution in [-0.4, -0.2) is 11.0 Å². The van der Waals surface area contributed by atoms with Crippen molar-refractivity contribution in [2.45, 2.75) is 57.5 Å². The average molecular weight is 348 g/mol. The number of carbonyl (C=O) groups is 1. The van der Waals surface area contributed by atoms with E-state index in [1.165, 1.54) is 32.1 Å². The Morgan fingerprint density at radius 2 is 1.81 bits per heavy atom. The molecule has 0 saturated heterocycles. The minimum Gasteiger partial charge on any atom is -0.457 e. The highest BCUT2D eigenvalue weighted by Crippen LogP contribution is 2.31. The van der Waals surface area contributed by atoms with Crippen molar-refractivity contribution in [3.05, 3.63) is 65.0 Å². The van der Waals surface area contributed by atoms with E-state index in [2.05, 4.69) is 4.98 Å². The summed E-state index contributed by atoms with van der Waals surface area (Å²) in [5.41, 5.74) is 2.39. The van der Waals surface area contributed by atoms with Gasteiger partial charge in [0, 0.05) is 6.20 Å². The van der Waals surface area contributed by atoms with Crippen LogP contribution in [0.25, 0.3) is 0 Å². The second kappa shape index (κ2) is 9.15. The number of aromatic nitrogens is 1. The largest absolute Gasteiger partial charge is 0.457 e. The Hall–Kier alpha value is -2.67. The lowest BCUT2D eigenvalue weighted by Gasteiger charge is -2.20. The van der Waals surface area contributed by atoms with E-state index in [0.29, 0.717) is 5.92 Å². The first-order valence-corrected chi connectivity index (χ1v) is 9.39. The van der Waals surface area contributed by atoms with E-state index in [-0.39, 0.29) is 17.9 Å². The molecule has 1 aliphatic carbocycles. The number of nitriles is 1. The molecule has 1 aliphatic rings. The van der Waals surface area contributed by atoms with Crippen LogP contribution >= 0.6 is 0 Å². The molecule has 2 aromatic rings. The molecule has 0 radical (unpaired) electrons. The number of hydrogen-bond donors (Lipinski definition) is 0. The van der Waals surface area contributed by atoms with Gasteiger partial charge >= 0.3 is 5.97 Å². The number of hydrogen-bond acceptors (Lipinski definition) is 4. The first-order valence-electron chi connectivity index (χ1n) is 9.39. The number of esters is 1. The van der Waals surface area contributed by atoms with E-state index < -0.39 is 5.97 Å². The summed E-state index contributed by atoms with van der Waals surface area (Å²) in [5.74, 6) is -0.0678. The lowest BCUT2D eigenvalue weighted by Crippen LogP contribution is -2.11. The first-order chi connectivity index (χ1) is 12.8. The van der Waals surface area contributed by atoms with Gasteiger partial charge in [0.1, 0.15) is 12.7 Å². The molecule has 0 unspecified atom stereocenters. The van der Waals surface area contributed by atoms with Crippen LogP contribution in [-0.2, 0) is 11.3 Å². The highest BCUT2D eigenvalue weighted by Gasteiger charge is 2.20. The lowest BCUT2D eigenvalue weighted by atomic mass is 9.86. The fourth-order valence-electron chi connectivity index (χ4n) is 3.54. The van der Waals surface area contributed by atoms with Gasteiger partial charge in [-0.25, -0.2) is 9.78 Å². The van der Waals surface area contributed by atoms with Crippen molar-refractivity contribution in [3.63, 3.8) is 0 Å². The van der Waals surface area contributed by atoms with Crippen molar-refractivity contribution in [1.29, 1.82) is 5.26 Å². The Kier molecular flexibility index (Phi) is 6.38. The van der Waals surface area contributed by atoms with Gasteiger partial charge in [0.05, 0.1) is 5.56 Å². The zero-order chi connectivity index (χ0) is 18.2. The molecular weight excluding hydrogens is 324 g/mol. The molecule has 1 aromatic heterocycles. The van der Waals surface area contributed by atoms with Gasteiger partial charge in [0.2, 0.25) is 0 Å². The van der Waals surface area contributed by atoms with E-state index >= 15 is 0 Å². The molecule has 0 spiro atoms. The van der Waals surface area contributed by atoms with Gasteiger partial charge in [-0.05, 0) is 36.0 Å². The summed E-state index contributed by atoms with van der Waals surface area (Å²) in [7, 11) is 0. The SMILES string of the molecule is N#Cc1ncc(C2CCCCCCC2)cc1C(=O)OCc1ccccc1. The third kappa shape index (κ3) is 4.70. The van der Waals surface area contributed by atoms with Gasteiger partial charge in [0.25, 0.3) is 0 Å². The molecule has 0 bridgehead atoms. The van der Waals surface area contributed by atoms with Crippen molar-refractivity contribution in [2.75, 3.05) is 0 Å². The van der Waals surface area contributed by atoms with E-state index in [0.717, 1.165) is 24.0 Å². The predicted octanol–water partition coefficient (Wildman–Crippen LogP) is 5.14. The Morgan fingerprint density at radius 1 is 1.12 bits per heavy atom. The highest BCUT2D eigenvalue weighted by atomic mass is 16.5. The van der Waals surface area contributed by atoms with Crippen LogP contribution in [0.1, 0.15) is 78.0 Å². The maximum atomic E-state index is 12.5. The van der Waals surface area contributed by atoms with Crippen LogP contribution in [0, 0.1) is 11.3 Å². The molecule has 1 fully saturated rings. The molecule has 4 nitrogen and oxygen atoms in total. The minimum atomic E-state index is -0.481. The summed E-state index contributed by atoms with van der Waals surface area (Å²) in [6, 6.07) is 13.4. The van der Waals surface area contributed by atoms with Crippen LogP contribution in [0.5, 0.6) is 0 Å². The first kappa shape index (κ1) is 18.1. The Bertz CT molecular complexity index is 772. The second-order valence-corrected chi connectivity index (χ2v) is 6.88. The molecule has 4 heteroatoms. The molecule has 3 rings (SSSR count). The van der Waals surface area contributed by atoms with Gasteiger partial charge in [-0.1, -0.05) is 62.4 Å². The highest BCUT2D eigenvalue weighted by molar-refractivity contribution is 5.91. The van der Waals surface area contributed by atoms with Crippen molar-refractivity contribution >= 4 is 5.97 Å². The molecule has 0 N–H and O–H groups in total. The smallest absolute Gasteiger partial charge is 0.341 e. The number of nitrogens with zero attached hydrogens (tertiary/aromatic N) is 2. The van der Waals surface area contributed by atoms with E-state index in [4.69, 9.17) is 4.74 Å². The van der Waals surface area contributed by atoms with Crippen molar-refractivity contribution in [3.8, 4) is 6.07 Å². The summed E-state index contributed by atoms with van der Waals surface area (Å²) in [4.78, 5) is 16.8. The standard InChI is InChI=1S/C22H24N2O2/c23-14-21-20(22(25)26-16-17-9-5-4-6-10-17)13-19(15-24-21)18-11-7-2-1-3-8-12-18/h4-6,9-10,13,15,18H,1-3,7-8,11-12,16H2. The third-order valence-electron chi connectivity index (χ3n) is 5.02. The molecule has 134 valence electrons. The molecule has 1 saturated carbocycles. The molecule has 26 heavy (non-hydrogen) atoms. The topological polar surface area (TPSA) is 63.0 Å². The van der Waals surface area contributed by atoms with Crippen molar-refractivity contribution < 1.29 is 9.53 Å².